The van der Waals surface area contributed by atoms with E-state index in [1.165, 1.54) is 6.42 Å². The summed E-state index contributed by atoms with van der Waals surface area (Å²) in [4.78, 5) is 4.18. The van der Waals surface area contributed by atoms with Crippen LogP contribution in [0.3, 0.4) is 0 Å². The second-order valence-corrected chi connectivity index (χ2v) is 4.39. The zero-order valence-corrected chi connectivity index (χ0v) is 9.07. The molecule has 1 aromatic rings. The van der Waals surface area contributed by atoms with Crippen LogP contribution in [0.1, 0.15) is 26.1 Å². The standard InChI is InChI=1S/C10H18N4/c1-7-4-9(8(7)2)11-5-10-12-6-14(3)13-10/h6-9,11H,4-5H2,1-3H3. The highest BCUT2D eigenvalue weighted by atomic mass is 15.3. The summed E-state index contributed by atoms with van der Waals surface area (Å²) in [5.74, 6) is 2.54. The van der Waals surface area contributed by atoms with Crippen molar-refractivity contribution in [1.82, 2.24) is 20.1 Å². The number of hydrogen-bond donors (Lipinski definition) is 1. The van der Waals surface area contributed by atoms with Gasteiger partial charge in [-0.1, -0.05) is 13.8 Å². The fourth-order valence-electron chi connectivity index (χ4n) is 1.99. The molecule has 0 saturated heterocycles. The molecular weight excluding hydrogens is 176 g/mol. The van der Waals surface area contributed by atoms with Gasteiger partial charge in [-0.05, 0) is 18.3 Å². The van der Waals surface area contributed by atoms with Gasteiger partial charge in [0.2, 0.25) is 0 Å². The molecule has 1 fully saturated rings. The molecular formula is C10H18N4. The first-order chi connectivity index (χ1) is 6.66. The van der Waals surface area contributed by atoms with E-state index in [9.17, 15) is 0 Å². The fraction of sp³-hybridized carbons (Fsp3) is 0.800. The third-order valence-electron chi connectivity index (χ3n) is 3.33. The van der Waals surface area contributed by atoms with E-state index < -0.39 is 0 Å². The molecule has 0 aliphatic heterocycles. The van der Waals surface area contributed by atoms with Gasteiger partial charge in [0, 0.05) is 13.1 Å². The van der Waals surface area contributed by atoms with Crippen LogP contribution in [0.25, 0.3) is 0 Å². The highest BCUT2D eigenvalue weighted by molar-refractivity contribution is 4.91. The van der Waals surface area contributed by atoms with E-state index in [2.05, 4.69) is 29.2 Å². The minimum Gasteiger partial charge on any atom is -0.307 e. The summed E-state index contributed by atoms with van der Waals surface area (Å²) in [5.41, 5.74) is 0. The molecule has 0 bridgehead atoms. The second-order valence-electron chi connectivity index (χ2n) is 4.39. The van der Waals surface area contributed by atoms with E-state index in [0.717, 1.165) is 24.2 Å². The Kier molecular flexibility index (Phi) is 2.54. The number of aryl methyl sites for hydroxylation is 1. The summed E-state index contributed by atoms with van der Waals surface area (Å²) >= 11 is 0. The van der Waals surface area contributed by atoms with Crippen molar-refractivity contribution in [3.8, 4) is 0 Å². The average molecular weight is 194 g/mol. The van der Waals surface area contributed by atoms with Crippen molar-refractivity contribution < 1.29 is 0 Å². The number of nitrogens with one attached hydrogen (secondary N) is 1. The predicted octanol–water partition coefficient (Wildman–Crippen LogP) is 0.949. The van der Waals surface area contributed by atoms with Crippen molar-refractivity contribution >= 4 is 0 Å². The second kappa shape index (κ2) is 3.69. The molecule has 14 heavy (non-hydrogen) atoms. The van der Waals surface area contributed by atoms with Gasteiger partial charge in [-0.25, -0.2) is 4.98 Å². The maximum atomic E-state index is 4.23. The first-order valence-electron chi connectivity index (χ1n) is 5.24. The minimum absolute atomic E-state index is 0.661. The maximum absolute atomic E-state index is 4.23. The lowest BCUT2D eigenvalue weighted by molar-refractivity contribution is 0.136. The highest BCUT2D eigenvalue weighted by Gasteiger charge is 2.33. The Morgan fingerprint density at radius 3 is 2.86 bits per heavy atom. The number of nitrogens with zero attached hydrogens (tertiary/aromatic N) is 3. The Balaban J connectivity index is 1.78. The zero-order chi connectivity index (χ0) is 10.1. The summed E-state index contributed by atoms with van der Waals surface area (Å²) in [6, 6.07) is 0.661. The van der Waals surface area contributed by atoms with Gasteiger partial charge in [0.15, 0.2) is 5.82 Å². The minimum atomic E-state index is 0.661. The largest absolute Gasteiger partial charge is 0.307 e. The van der Waals surface area contributed by atoms with Crippen molar-refractivity contribution in [2.24, 2.45) is 18.9 Å². The van der Waals surface area contributed by atoms with Crippen molar-refractivity contribution in [1.29, 1.82) is 0 Å². The first-order valence-corrected chi connectivity index (χ1v) is 5.24. The monoisotopic (exact) mass is 194 g/mol. The van der Waals surface area contributed by atoms with Gasteiger partial charge < -0.3 is 5.32 Å². The average Bonchev–Trinajstić information content (AvgIpc) is 2.58. The van der Waals surface area contributed by atoms with Gasteiger partial charge in [-0.3, -0.25) is 4.68 Å². The molecule has 0 aromatic carbocycles. The van der Waals surface area contributed by atoms with Crippen LogP contribution in [-0.2, 0) is 13.6 Å². The Labute approximate surface area is 84.7 Å². The molecule has 78 valence electrons. The van der Waals surface area contributed by atoms with Gasteiger partial charge >= 0.3 is 0 Å². The SMILES string of the molecule is CC1CC(NCc2ncn(C)n2)C1C. The van der Waals surface area contributed by atoms with Gasteiger partial charge in [-0.2, -0.15) is 5.10 Å². The Bertz CT molecular complexity index is 307. The predicted molar refractivity (Wildman–Crippen MR) is 54.6 cm³/mol. The van der Waals surface area contributed by atoms with E-state index >= 15 is 0 Å². The third kappa shape index (κ3) is 1.80. The first kappa shape index (κ1) is 9.65. The quantitative estimate of drug-likeness (QED) is 0.779. The van der Waals surface area contributed by atoms with E-state index in [-0.39, 0.29) is 0 Å². The number of rotatable bonds is 3. The molecule has 4 heteroatoms. The van der Waals surface area contributed by atoms with Crippen LogP contribution < -0.4 is 5.32 Å². The molecule has 1 N–H and O–H groups in total. The zero-order valence-electron chi connectivity index (χ0n) is 9.07. The van der Waals surface area contributed by atoms with Crippen LogP contribution >= 0.6 is 0 Å². The summed E-state index contributed by atoms with van der Waals surface area (Å²) in [5, 5.41) is 7.72. The van der Waals surface area contributed by atoms with Crippen LogP contribution in [0.5, 0.6) is 0 Å². The van der Waals surface area contributed by atoms with Gasteiger partial charge in [0.05, 0.1) is 6.54 Å². The van der Waals surface area contributed by atoms with Crippen LogP contribution in [0.4, 0.5) is 0 Å². The van der Waals surface area contributed by atoms with Crippen molar-refractivity contribution in [3.05, 3.63) is 12.2 Å². The lowest BCUT2D eigenvalue weighted by Crippen LogP contribution is -2.47. The van der Waals surface area contributed by atoms with Crippen LogP contribution in [0, 0.1) is 11.8 Å². The molecule has 3 unspecified atom stereocenters. The van der Waals surface area contributed by atoms with Crippen molar-refractivity contribution in [2.75, 3.05) is 0 Å². The molecule has 0 radical (unpaired) electrons. The smallest absolute Gasteiger partial charge is 0.164 e. The Hall–Kier alpha value is -0.900. The molecule has 0 spiro atoms. The molecule has 1 heterocycles. The third-order valence-corrected chi connectivity index (χ3v) is 3.33. The molecule has 1 aliphatic carbocycles. The molecule has 1 aromatic heterocycles. The molecule has 4 nitrogen and oxygen atoms in total. The van der Waals surface area contributed by atoms with Crippen molar-refractivity contribution in [2.45, 2.75) is 32.9 Å². The molecule has 1 saturated carbocycles. The topological polar surface area (TPSA) is 42.7 Å². The summed E-state index contributed by atoms with van der Waals surface area (Å²) in [6.07, 6.45) is 3.03. The molecule has 2 rings (SSSR count). The van der Waals surface area contributed by atoms with Gasteiger partial charge in [0.1, 0.15) is 6.33 Å². The maximum Gasteiger partial charge on any atom is 0.164 e. The summed E-state index contributed by atoms with van der Waals surface area (Å²) in [7, 11) is 1.89. The summed E-state index contributed by atoms with van der Waals surface area (Å²) < 4.78 is 1.74. The molecule has 1 aliphatic rings. The lowest BCUT2D eigenvalue weighted by atomic mass is 9.71. The summed E-state index contributed by atoms with van der Waals surface area (Å²) in [6.45, 7) is 5.40. The fourth-order valence-corrected chi connectivity index (χ4v) is 1.99. The van der Waals surface area contributed by atoms with Crippen LogP contribution in [0.2, 0.25) is 0 Å². The molecule has 3 atom stereocenters. The lowest BCUT2D eigenvalue weighted by Gasteiger charge is -2.41. The normalized spacial score (nSPS) is 31.5. The van der Waals surface area contributed by atoms with E-state index in [1.807, 2.05) is 7.05 Å². The van der Waals surface area contributed by atoms with E-state index in [0.29, 0.717) is 6.04 Å². The van der Waals surface area contributed by atoms with Crippen molar-refractivity contribution in [3.63, 3.8) is 0 Å². The van der Waals surface area contributed by atoms with E-state index in [4.69, 9.17) is 0 Å². The highest BCUT2D eigenvalue weighted by Crippen LogP contribution is 2.33. The number of aromatic nitrogens is 3. The molecule has 0 amide bonds. The van der Waals surface area contributed by atoms with Gasteiger partial charge in [0.25, 0.3) is 0 Å². The Morgan fingerprint density at radius 2 is 2.36 bits per heavy atom. The number of hydrogen-bond acceptors (Lipinski definition) is 3. The van der Waals surface area contributed by atoms with Gasteiger partial charge in [-0.15, -0.1) is 0 Å². The van der Waals surface area contributed by atoms with Crippen LogP contribution in [0.15, 0.2) is 6.33 Å². The van der Waals surface area contributed by atoms with E-state index in [1.54, 1.807) is 11.0 Å². The Morgan fingerprint density at radius 1 is 1.57 bits per heavy atom. The van der Waals surface area contributed by atoms with Crippen LogP contribution in [-0.4, -0.2) is 20.8 Å².